The van der Waals surface area contributed by atoms with Crippen LogP contribution in [-0.2, 0) is 0 Å². The molecule has 0 aliphatic heterocycles. The van der Waals surface area contributed by atoms with Crippen LogP contribution in [0, 0.1) is 6.92 Å². The summed E-state index contributed by atoms with van der Waals surface area (Å²) in [5.74, 6) is 0.666. The number of hydrogen-bond donors (Lipinski definition) is 3. The number of aromatic hydroxyl groups is 3. The maximum Gasteiger partial charge on any atom is 0.118 e. The van der Waals surface area contributed by atoms with E-state index in [-0.39, 0.29) is 23.2 Å². The minimum absolute atomic E-state index is 0.0458. The van der Waals surface area contributed by atoms with Crippen LogP contribution in [0.5, 0.6) is 17.2 Å². The summed E-state index contributed by atoms with van der Waals surface area (Å²) < 4.78 is 0. The lowest BCUT2D eigenvalue weighted by molar-refractivity contribution is 0.471. The Labute approximate surface area is 148 Å². The second kappa shape index (κ2) is 8.25. The van der Waals surface area contributed by atoms with Gasteiger partial charge in [0.2, 0.25) is 0 Å². The van der Waals surface area contributed by atoms with E-state index in [1.54, 1.807) is 30.3 Å². The topological polar surface area (TPSA) is 60.7 Å². The van der Waals surface area contributed by atoms with Crippen LogP contribution < -0.4 is 0 Å². The van der Waals surface area contributed by atoms with E-state index in [1.165, 1.54) is 0 Å². The normalized spacial score (nSPS) is 10.2. The lowest BCUT2D eigenvalue weighted by Crippen LogP contribution is -2.03. The van der Waals surface area contributed by atoms with Gasteiger partial charge < -0.3 is 15.3 Å². The first-order valence-electron chi connectivity index (χ1n) is 8.42. The van der Waals surface area contributed by atoms with Gasteiger partial charge in [0.1, 0.15) is 17.2 Å². The Hall–Kier alpha value is -2.94. The lowest BCUT2D eigenvalue weighted by Gasteiger charge is -2.20. The summed E-state index contributed by atoms with van der Waals surface area (Å²) in [5, 5.41) is 28.8. The van der Waals surface area contributed by atoms with Gasteiger partial charge in [0.05, 0.1) is 0 Å². The van der Waals surface area contributed by atoms with Gasteiger partial charge in [0, 0.05) is 5.92 Å². The predicted molar refractivity (Wildman–Crippen MR) is 101 cm³/mol. The maximum atomic E-state index is 9.77. The molecule has 0 aliphatic rings. The summed E-state index contributed by atoms with van der Waals surface area (Å²) in [4.78, 5) is 0. The van der Waals surface area contributed by atoms with E-state index in [2.05, 4.69) is 0 Å². The molecule has 0 unspecified atom stereocenters. The molecular weight excluding hydrogens is 312 g/mol. The number of phenols is 3. The van der Waals surface area contributed by atoms with Crippen LogP contribution in [0.1, 0.15) is 42.0 Å². The molecule has 0 fully saturated rings. The number of phenolic OH excluding ortho intramolecular Hbond substituents is 3. The van der Waals surface area contributed by atoms with Crippen molar-refractivity contribution in [3.8, 4) is 17.2 Å². The molecule has 0 radical (unpaired) electrons. The van der Waals surface area contributed by atoms with E-state index in [9.17, 15) is 15.3 Å². The second-order valence-electron chi connectivity index (χ2n) is 5.66. The first-order chi connectivity index (χ1) is 12.0. The van der Waals surface area contributed by atoms with Gasteiger partial charge in [-0.25, -0.2) is 0 Å². The van der Waals surface area contributed by atoms with Crippen molar-refractivity contribution >= 4 is 0 Å². The highest BCUT2D eigenvalue weighted by molar-refractivity contribution is 5.48. The third-order valence-electron chi connectivity index (χ3n) is 4.01. The molecule has 0 atom stereocenters. The predicted octanol–water partition coefficient (Wildman–Crippen LogP) is 5.32. The van der Waals surface area contributed by atoms with Gasteiger partial charge in [-0.15, -0.1) is 0 Å². The van der Waals surface area contributed by atoms with Crippen molar-refractivity contribution in [1.29, 1.82) is 0 Å². The summed E-state index contributed by atoms with van der Waals surface area (Å²) in [6, 6.07) is 19.7. The molecule has 3 rings (SSSR count). The summed E-state index contributed by atoms with van der Waals surface area (Å²) >= 11 is 0. The number of benzene rings is 3. The Morgan fingerprint density at radius 2 is 1.00 bits per heavy atom. The third-order valence-corrected chi connectivity index (χ3v) is 4.01. The van der Waals surface area contributed by atoms with Crippen molar-refractivity contribution < 1.29 is 15.3 Å². The van der Waals surface area contributed by atoms with Crippen molar-refractivity contribution in [1.82, 2.24) is 0 Å². The van der Waals surface area contributed by atoms with Crippen LogP contribution >= 0.6 is 0 Å². The monoisotopic (exact) mass is 336 g/mol. The van der Waals surface area contributed by atoms with Crippen LogP contribution in [0.2, 0.25) is 0 Å². The molecular formula is C22H24O3. The van der Waals surface area contributed by atoms with Gasteiger partial charge in [-0.05, 0) is 59.5 Å². The molecule has 0 saturated heterocycles. The Balaban J connectivity index is 0.00000109. The lowest BCUT2D eigenvalue weighted by atomic mass is 9.84. The van der Waals surface area contributed by atoms with Gasteiger partial charge >= 0.3 is 0 Å². The fourth-order valence-corrected chi connectivity index (χ4v) is 2.77. The molecule has 3 nitrogen and oxygen atoms in total. The summed E-state index contributed by atoms with van der Waals surface area (Å²) in [6.07, 6.45) is 0. The summed E-state index contributed by atoms with van der Waals surface area (Å²) in [7, 11) is 0. The SMILES string of the molecule is CC.Cc1cc(C(c2ccc(O)cc2)c2ccc(O)cc2)ccc1O. The molecule has 0 heterocycles. The standard InChI is InChI=1S/C20H18O3.C2H6/c1-13-12-16(6-11-19(13)23)20(14-2-7-17(21)8-3-14)15-4-9-18(22)10-5-15;1-2/h2-12,20-23H,1H3;1-2H3. The van der Waals surface area contributed by atoms with E-state index in [4.69, 9.17) is 0 Å². The Morgan fingerprint density at radius 3 is 1.40 bits per heavy atom. The largest absolute Gasteiger partial charge is 0.508 e. The smallest absolute Gasteiger partial charge is 0.118 e. The molecule has 0 aliphatic carbocycles. The highest BCUT2D eigenvalue weighted by Crippen LogP contribution is 2.35. The third kappa shape index (κ3) is 4.32. The molecule has 0 amide bonds. The van der Waals surface area contributed by atoms with Gasteiger partial charge in [0.15, 0.2) is 0 Å². The van der Waals surface area contributed by atoms with Crippen LogP contribution in [0.15, 0.2) is 66.7 Å². The first-order valence-corrected chi connectivity index (χ1v) is 8.42. The highest BCUT2D eigenvalue weighted by Gasteiger charge is 2.17. The van der Waals surface area contributed by atoms with Crippen molar-refractivity contribution in [3.63, 3.8) is 0 Å². The van der Waals surface area contributed by atoms with Crippen molar-refractivity contribution in [2.75, 3.05) is 0 Å². The molecule has 0 aromatic heterocycles. The molecule has 130 valence electrons. The molecule has 3 aromatic carbocycles. The summed E-state index contributed by atoms with van der Waals surface area (Å²) in [5.41, 5.74) is 3.90. The molecule has 3 heteroatoms. The van der Waals surface area contributed by atoms with Gasteiger partial charge in [0.25, 0.3) is 0 Å². The maximum absolute atomic E-state index is 9.77. The fraction of sp³-hybridized carbons (Fsp3) is 0.182. The number of hydrogen-bond acceptors (Lipinski definition) is 3. The molecule has 3 N–H and O–H groups in total. The summed E-state index contributed by atoms with van der Waals surface area (Å²) in [6.45, 7) is 5.86. The van der Waals surface area contributed by atoms with Gasteiger partial charge in [-0.1, -0.05) is 50.2 Å². The molecule has 3 aromatic rings. The van der Waals surface area contributed by atoms with Crippen molar-refractivity contribution in [3.05, 3.63) is 89.0 Å². The minimum atomic E-state index is -0.0458. The first kappa shape index (κ1) is 18.4. The Kier molecular flexibility index (Phi) is 6.07. The quantitative estimate of drug-likeness (QED) is 0.567. The Morgan fingerprint density at radius 1 is 0.600 bits per heavy atom. The van der Waals surface area contributed by atoms with E-state index < -0.39 is 0 Å². The molecule has 0 spiro atoms. The molecule has 25 heavy (non-hydrogen) atoms. The molecule has 0 saturated carbocycles. The van der Waals surface area contributed by atoms with E-state index in [1.807, 2.05) is 57.2 Å². The van der Waals surface area contributed by atoms with Crippen LogP contribution in [0.4, 0.5) is 0 Å². The van der Waals surface area contributed by atoms with E-state index in [0.29, 0.717) is 0 Å². The van der Waals surface area contributed by atoms with Crippen LogP contribution in [0.3, 0.4) is 0 Å². The van der Waals surface area contributed by atoms with Crippen molar-refractivity contribution in [2.45, 2.75) is 26.7 Å². The van der Waals surface area contributed by atoms with Gasteiger partial charge in [-0.2, -0.15) is 0 Å². The Bertz CT molecular complexity index is 760. The fourth-order valence-electron chi connectivity index (χ4n) is 2.77. The van der Waals surface area contributed by atoms with Crippen LogP contribution in [-0.4, -0.2) is 15.3 Å². The average Bonchev–Trinajstić information content (AvgIpc) is 2.63. The van der Waals surface area contributed by atoms with E-state index >= 15 is 0 Å². The van der Waals surface area contributed by atoms with Crippen molar-refractivity contribution in [2.24, 2.45) is 0 Å². The number of aryl methyl sites for hydroxylation is 1. The van der Waals surface area contributed by atoms with Crippen LogP contribution in [0.25, 0.3) is 0 Å². The second-order valence-corrected chi connectivity index (χ2v) is 5.66. The molecule has 0 bridgehead atoms. The zero-order chi connectivity index (χ0) is 18.4. The zero-order valence-electron chi connectivity index (χ0n) is 14.8. The van der Waals surface area contributed by atoms with Gasteiger partial charge in [-0.3, -0.25) is 0 Å². The average molecular weight is 336 g/mol. The minimum Gasteiger partial charge on any atom is -0.508 e. The number of rotatable bonds is 3. The van der Waals surface area contributed by atoms with E-state index in [0.717, 1.165) is 22.3 Å². The zero-order valence-corrected chi connectivity index (χ0v) is 14.8. The highest BCUT2D eigenvalue weighted by atomic mass is 16.3.